The van der Waals surface area contributed by atoms with E-state index in [0.717, 1.165) is 49.9 Å². The Morgan fingerprint density at radius 2 is 1.78 bits per heavy atom. The van der Waals surface area contributed by atoms with Gasteiger partial charge in [0.25, 0.3) is 0 Å². The highest BCUT2D eigenvalue weighted by Gasteiger charge is 2.65. The number of carbonyl (C=O) groups excluding carboxylic acids is 1. The van der Waals surface area contributed by atoms with Gasteiger partial charge < -0.3 is 19.5 Å². The predicted octanol–water partition coefficient (Wildman–Crippen LogP) is 5.29. The highest BCUT2D eigenvalue weighted by Crippen LogP contribution is 2.57. The van der Waals surface area contributed by atoms with Crippen molar-refractivity contribution in [2.45, 2.75) is 62.4 Å². The maximum atomic E-state index is 15.5. The molecule has 2 heterocycles. The lowest BCUT2D eigenvalue weighted by Crippen LogP contribution is -2.69. The zero-order chi connectivity index (χ0) is 26.3. The van der Waals surface area contributed by atoms with Gasteiger partial charge in [0.15, 0.2) is 11.6 Å². The maximum Gasteiger partial charge on any atom is 0.416 e. The number of rotatable bonds is 6. The zero-order valence-electron chi connectivity index (χ0n) is 20.0. The van der Waals surface area contributed by atoms with Crippen LogP contribution in [0.25, 0.3) is 0 Å². The summed E-state index contributed by atoms with van der Waals surface area (Å²) in [4.78, 5) is 14.7. The summed E-state index contributed by atoms with van der Waals surface area (Å²) >= 11 is 0. The smallest absolute Gasteiger partial charge is 0.416 e. The van der Waals surface area contributed by atoms with Crippen LogP contribution in [-0.4, -0.2) is 42.2 Å². The molecule has 0 aliphatic carbocycles. The number of alkyl halides is 3. The lowest BCUT2D eigenvalue weighted by Gasteiger charge is -2.58. The van der Waals surface area contributed by atoms with E-state index in [0.29, 0.717) is 19.4 Å². The number of piperidine rings is 1. The Kier molecular flexibility index (Phi) is 7.04. The third-order valence-electron chi connectivity index (χ3n) is 7.37. The van der Waals surface area contributed by atoms with Crippen LogP contribution >= 0.6 is 0 Å². The first kappa shape index (κ1) is 26.3. The Hall–Kier alpha value is -2.72. The molecule has 4 rings (SSSR count). The van der Waals surface area contributed by atoms with Crippen molar-refractivity contribution in [1.29, 1.82) is 0 Å². The van der Waals surface area contributed by atoms with Crippen LogP contribution in [0.5, 0.6) is 5.75 Å². The highest BCUT2D eigenvalue weighted by molar-refractivity contribution is 5.77. The first-order valence-electron chi connectivity index (χ1n) is 11.9. The summed E-state index contributed by atoms with van der Waals surface area (Å²) in [5, 5.41) is 12.1. The number of likely N-dealkylation sites (tertiary alicyclic amines) is 1. The molecule has 0 saturated carbocycles. The molecule has 2 aliphatic heterocycles. The second kappa shape index (κ2) is 9.63. The van der Waals surface area contributed by atoms with Crippen LogP contribution in [-0.2, 0) is 26.9 Å². The molecule has 5 nitrogen and oxygen atoms in total. The summed E-state index contributed by atoms with van der Waals surface area (Å²) < 4.78 is 81.3. The Morgan fingerprint density at radius 1 is 1.14 bits per heavy atom. The fraction of sp³-hybridized carbons (Fsp3) is 0.500. The van der Waals surface area contributed by atoms with Crippen molar-refractivity contribution in [3.8, 4) is 5.75 Å². The van der Waals surface area contributed by atoms with Crippen molar-refractivity contribution in [3.05, 3.63) is 64.7 Å². The summed E-state index contributed by atoms with van der Waals surface area (Å²) in [6.45, 7) is 1.98. The summed E-state index contributed by atoms with van der Waals surface area (Å²) in [6, 6.07) is 4.54. The van der Waals surface area contributed by atoms with Gasteiger partial charge in [-0.2, -0.15) is 13.2 Å². The van der Waals surface area contributed by atoms with E-state index in [2.05, 4.69) is 0 Å². The molecule has 1 amide bonds. The molecule has 2 aliphatic rings. The van der Waals surface area contributed by atoms with Crippen LogP contribution < -0.4 is 4.74 Å². The quantitative estimate of drug-likeness (QED) is 0.422. The van der Waals surface area contributed by atoms with Gasteiger partial charge in [0.1, 0.15) is 12.4 Å². The normalized spacial score (nSPS) is 23.3. The van der Waals surface area contributed by atoms with Gasteiger partial charge in [-0.3, -0.25) is 4.79 Å². The van der Waals surface area contributed by atoms with E-state index in [1.807, 2.05) is 6.92 Å². The number of amides is 1. The third kappa shape index (κ3) is 4.04. The van der Waals surface area contributed by atoms with Gasteiger partial charge in [-0.25, -0.2) is 8.78 Å². The van der Waals surface area contributed by atoms with E-state index in [1.54, 1.807) is 0 Å². The van der Waals surface area contributed by atoms with Crippen molar-refractivity contribution in [2.75, 3.05) is 20.3 Å². The van der Waals surface area contributed by atoms with Gasteiger partial charge in [-0.05, 0) is 43.5 Å². The van der Waals surface area contributed by atoms with E-state index in [4.69, 9.17) is 9.47 Å². The standard InChI is InChI=1S/C26H28F5NO4/c1-3-4-6-21(33)32-14-5-13-24(20(32)15-36-23-19(28)12-11-18(27)22(23)24)25(34,35-2)16-7-9-17(10-8-16)26(29,30)31/h7-12,20,34H,3-6,13-15H2,1-2H3/t20-,24+,25?/m1/s1. The first-order valence-corrected chi connectivity index (χ1v) is 11.9. The van der Waals surface area contributed by atoms with Gasteiger partial charge in [-0.1, -0.05) is 25.5 Å². The molecule has 1 saturated heterocycles. The Balaban J connectivity index is 1.95. The van der Waals surface area contributed by atoms with Gasteiger partial charge in [0.2, 0.25) is 11.7 Å². The van der Waals surface area contributed by atoms with E-state index in [9.17, 15) is 27.5 Å². The number of hydrogen-bond acceptors (Lipinski definition) is 4. The molecule has 2 aromatic carbocycles. The highest BCUT2D eigenvalue weighted by atomic mass is 19.4. The maximum absolute atomic E-state index is 15.5. The van der Waals surface area contributed by atoms with Crippen LogP contribution in [0.1, 0.15) is 55.7 Å². The topological polar surface area (TPSA) is 59.0 Å². The summed E-state index contributed by atoms with van der Waals surface area (Å²) in [6.07, 6.45) is -2.63. The average molecular weight is 514 g/mol. The van der Waals surface area contributed by atoms with Crippen LogP contribution in [0.3, 0.4) is 0 Å². The fourth-order valence-corrected chi connectivity index (χ4v) is 5.67. The molecule has 196 valence electrons. The first-order chi connectivity index (χ1) is 17.0. The third-order valence-corrected chi connectivity index (χ3v) is 7.37. The molecule has 36 heavy (non-hydrogen) atoms. The average Bonchev–Trinajstić information content (AvgIpc) is 2.87. The Morgan fingerprint density at radius 3 is 2.39 bits per heavy atom. The van der Waals surface area contributed by atoms with Crippen molar-refractivity contribution in [1.82, 2.24) is 4.90 Å². The van der Waals surface area contributed by atoms with Gasteiger partial charge >= 0.3 is 6.18 Å². The largest absolute Gasteiger partial charge is 0.488 e. The van der Waals surface area contributed by atoms with Gasteiger partial charge in [0.05, 0.1) is 17.0 Å². The van der Waals surface area contributed by atoms with E-state index < -0.39 is 46.4 Å². The summed E-state index contributed by atoms with van der Waals surface area (Å²) in [7, 11) is 1.15. The lowest BCUT2D eigenvalue weighted by molar-refractivity contribution is -0.271. The molecule has 1 fully saturated rings. The van der Waals surface area contributed by atoms with Crippen molar-refractivity contribution < 1.29 is 41.3 Å². The van der Waals surface area contributed by atoms with Crippen molar-refractivity contribution >= 4 is 5.91 Å². The minimum Gasteiger partial charge on any atom is -0.488 e. The van der Waals surface area contributed by atoms with Crippen LogP contribution in [0.4, 0.5) is 22.0 Å². The summed E-state index contributed by atoms with van der Waals surface area (Å²) in [5.74, 6) is -4.79. The zero-order valence-corrected chi connectivity index (χ0v) is 20.0. The van der Waals surface area contributed by atoms with Crippen molar-refractivity contribution in [3.63, 3.8) is 0 Å². The second-order valence-corrected chi connectivity index (χ2v) is 9.25. The number of benzene rings is 2. The SMILES string of the molecule is CCCCC(=O)N1CCC[C@@]2(C(O)(OC)c3ccc(C(F)(F)F)cc3)c3c(F)ccc(F)c3OC[C@@H]12. The molecule has 0 bridgehead atoms. The monoisotopic (exact) mass is 513 g/mol. The number of aliphatic hydroxyl groups is 1. The molecule has 1 N–H and O–H groups in total. The molecular weight excluding hydrogens is 485 g/mol. The molecule has 0 aromatic heterocycles. The number of nitrogens with zero attached hydrogens (tertiary/aromatic N) is 1. The fourth-order valence-electron chi connectivity index (χ4n) is 5.67. The number of hydrogen-bond donors (Lipinski definition) is 1. The summed E-state index contributed by atoms with van der Waals surface area (Å²) in [5.41, 5.74) is -3.08. The predicted molar refractivity (Wildman–Crippen MR) is 120 cm³/mol. The molecule has 1 unspecified atom stereocenters. The molecular formula is C26H28F5NO4. The van der Waals surface area contributed by atoms with Crippen LogP contribution in [0, 0.1) is 11.6 Å². The number of carbonyl (C=O) groups is 1. The number of methoxy groups -OCH3 is 1. The molecule has 3 atom stereocenters. The lowest BCUT2D eigenvalue weighted by atomic mass is 9.59. The Bertz CT molecular complexity index is 1120. The minimum absolute atomic E-state index is 0.0668. The molecule has 10 heteroatoms. The number of halogens is 5. The number of unbranched alkanes of at least 4 members (excludes halogenated alkanes) is 1. The van der Waals surface area contributed by atoms with Crippen molar-refractivity contribution in [2.24, 2.45) is 0 Å². The van der Waals surface area contributed by atoms with E-state index >= 15 is 4.39 Å². The molecule has 0 spiro atoms. The molecule has 0 radical (unpaired) electrons. The van der Waals surface area contributed by atoms with Gasteiger partial charge in [-0.15, -0.1) is 0 Å². The van der Waals surface area contributed by atoms with Crippen LogP contribution in [0.15, 0.2) is 36.4 Å². The van der Waals surface area contributed by atoms with Crippen LogP contribution in [0.2, 0.25) is 0 Å². The Labute approximate surface area is 205 Å². The second-order valence-electron chi connectivity index (χ2n) is 9.25. The number of fused-ring (bicyclic) bond motifs is 3. The minimum atomic E-state index is -4.61. The van der Waals surface area contributed by atoms with Gasteiger partial charge in [0, 0.05) is 31.2 Å². The van der Waals surface area contributed by atoms with E-state index in [-0.39, 0.29) is 36.5 Å². The number of ether oxygens (including phenoxy) is 2. The molecule has 2 aromatic rings. The van der Waals surface area contributed by atoms with E-state index in [1.165, 1.54) is 4.90 Å².